The maximum Gasteiger partial charge on any atom is 0.176 e. The number of hydrogen-bond acceptors (Lipinski definition) is 4. The van der Waals surface area contributed by atoms with Gasteiger partial charge in [0.05, 0.1) is 18.1 Å². The Morgan fingerprint density at radius 3 is 2.58 bits per heavy atom. The molecule has 2 aromatic heterocycles. The summed E-state index contributed by atoms with van der Waals surface area (Å²) in [4.78, 5) is 8.88. The molecule has 1 aromatic carbocycles. The maximum absolute atomic E-state index is 7.84. The number of nitrogens with two attached hydrogens (primary N) is 1. The van der Waals surface area contributed by atoms with Crippen LogP contribution in [0.1, 0.15) is 31.0 Å². The van der Waals surface area contributed by atoms with Gasteiger partial charge in [0.15, 0.2) is 5.84 Å². The summed E-state index contributed by atoms with van der Waals surface area (Å²) in [6.45, 7) is 4.38. The highest BCUT2D eigenvalue weighted by atomic mass is 15.3. The SMILES string of the molecule is CC(C)C(c1ccccc1)n1cnc(-c2cc(C(=N)N=NN)ccn2)c1. The Morgan fingerprint density at radius 1 is 1.12 bits per heavy atom. The van der Waals surface area contributed by atoms with E-state index in [1.54, 1.807) is 18.3 Å². The third kappa shape index (κ3) is 3.66. The van der Waals surface area contributed by atoms with Crippen molar-refractivity contribution in [1.82, 2.24) is 14.5 Å². The first-order valence-electron chi connectivity index (χ1n) is 8.35. The Hall–Kier alpha value is -3.35. The number of pyridine rings is 1. The van der Waals surface area contributed by atoms with E-state index < -0.39 is 0 Å². The van der Waals surface area contributed by atoms with E-state index in [0.29, 0.717) is 17.2 Å². The van der Waals surface area contributed by atoms with Crippen molar-refractivity contribution >= 4 is 5.84 Å². The lowest BCUT2D eigenvalue weighted by molar-refractivity contribution is 0.436. The summed E-state index contributed by atoms with van der Waals surface area (Å²) in [5.41, 5.74) is 3.24. The van der Waals surface area contributed by atoms with E-state index in [9.17, 15) is 0 Å². The highest BCUT2D eigenvalue weighted by molar-refractivity contribution is 5.97. The molecule has 0 spiro atoms. The maximum atomic E-state index is 7.84. The zero-order chi connectivity index (χ0) is 18.5. The molecule has 7 heteroatoms. The van der Waals surface area contributed by atoms with Crippen LogP contribution < -0.4 is 5.84 Å². The van der Waals surface area contributed by atoms with E-state index >= 15 is 0 Å². The van der Waals surface area contributed by atoms with Gasteiger partial charge in [-0.2, -0.15) is 0 Å². The molecule has 3 N–H and O–H groups in total. The third-order valence-corrected chi connectivity index (χ3v) is 4.15. The van der Waals surface area contributed by atoms with Crippen LogP contribution in [0.15, 0.2) is 71.5 Å². The van der Waals surface area contributed by atoms with Crippen molar-refractivity contribution in [3.8, 4) is 11.4 Å². The van der Waals surface area contributed by atoms with Crippen molar-refractivity contribution in [1.29, 1.82) is 5.41 Å². The fraction of sp³-hybridized carbons (Fsp3) is 0.211. The van der Waals surface area contributed by atoms with Crippen molar-refractivity contribution in [2.45, 2.75) is 19.9 Å². The van der Waals surface area contributed by atoms with Gasteiger partial charge in [0.25, 0.3) is 0 Å². The highest BCUT2D eigenvalue weighted by Crippen LogP contribution is 2.28. The van der Waals surface area contributed by atoms with Gasteiger partial charge in [-0.1, -0.05) is 49.4 Å². The first-order valence-corrected chi connectivity index (χ1v) is 8.35. The molecule has 0 fully saturated rings. The Labute approximate surface area is 152 Å². The minimum atomic E-state index is -0.0140. The molecule has 1 atom stereocenters. The van der Waals surface area contributed by atoms with E-state index in [2.05, 4.69) is 50.9 Å². The molecule has 1 unspecified atom stereocenters. The van der Waals surface area contributed by atoms with Gasteiger partial charge >= 0.3 is 0 Å². The molecule has 26 heavy (non-hydrogen) atoms. The van der Waals surface area contributed by atoms with Crippen LogP contribution in [0.2, 0.25) is 0 Å². The Bertz CT molecular complexity index is 912. The van der Waals surface area contributed by atoms with Crippen molar-refractivity contribution < 1.29 is 0 Å². The number of amidine groups is 1. The van der Waals surface area contributed by atoms with E-state index in [0.717, 1.165) is 5.69 Å². The molecular formula is C19H21N7. The fourth-order valence-electron chi connectivity index (χ4n) is 3.01. The molecule has 0 saturated heterocycles. The fourth-order valence-corrected chi connectivity index (χ4v) is 3.01. The minimum Gasteiger partial charge on any atom is -0.329 e. The van der Waals surface area contributed by atoms with Crippen LogP contribution in [-0.4, -0.2) is 20.4 Å². The van der Waals surface area contributed by atoms with E-state index in [1.807, 2.05) is 30.7 Å². The molecule has 0 saturated carbocycles. The molecule has 132 valence electrons. The molecule has 7 nitrogen and oxygen atoms in total. The topological polar surface area (TPSA) is 105 Å². The number of nitrogens with one attached hydrogen (secondary N) is 1. The summed E-state index contributed by atoms with van der Waals surface area (Å²) >= 11 is 0. The first kappa shape index (κ1) is 17.5. The summed E-state index contributed by atoms with van der Waals surface area (Å²) in [6, 6.07) is 14.0. The Balaban J connectivity index is 1.94. The predicted molar refractivity (Wildman–Crippen MR) is 101 cm³/mol. The largest absolute Gasteiger partial charge is 0.329 e. The minimum absolute atomic E-state index is 0.0140. The number of rotatable bonds is 5. The lowest BCUT2D eigenvalue weighted by atomic mass is 9.96. The van der Waals surface area contributed by atoms with Crippen molar-refractivity contribution in [2.75, 3.05) is 0 Å². The summed E-state index contributed by atoms with van der Waals surface area (Å²) in [5, 5.41) is 14.6. The molecule has 2 heterocycles. The molecule has 0 bridgehead atoms. The van der Waals surface area contributed by atoms with Gasteiger partial charge in [0.2, 0.25) is 0 Å². The molecule has 0 aliphatic carbocycles. The van der Waals surface area contributed by atoms with Crippen molar-refractivity contribution in [2.24, 2.45) is 22.1 Å². The van der Waals surface area contributed by atoms with Crippen molar-refractivity contribution in [3.05, 3.63) is 72.3 Å². The lowest BCUT2D eigenvalue weighted by Gasteiger charge is -2.22. The van der Waals surface area contributed by atoms with Crippen molar-refractivity contribution in [3.63, 3.8) is 0 Å². The third-order valence-electron chi connectivity index (χ3n) is 4.15. The second kappa shape index (κ2) is 7.69. The zero-order valence-corrected chi connectivity index (χ0v) is 14.7. The second-order valence-electron chi connectivity index (χ2n) is 6.30. The summed E-state index contributed by atoms with van der Waals surface area (Å²) in [7, 11) is 0. The summed E-state index contributed by atoms with van der Waals surface area (Å²) < 4.78 is 2.11. The zero-order valence-electron chi connectivity index (χ0n) is 14.7. The molecule has 0 amide bonds. The quantitative estimate of drug-likeness (QED) is 0.241. The van der Waals surface area contributed by atoms with E-state index in [-0.39, 0.29) is 11.9 Å². The average molecular weight is 347 g/mol. The molecule has 0 radical (unpaired) electrons. The number of nitrogens with zero attached hydrogens (tertiary/aromatic N) is 5. The normalized spacial score (nSPS) is 12.6. The summed E-state index contributed by atoms with van der Waals surface area (Å²) in [5.74, 6) is 5.41. The standard InChI is InChI=1S/C19H21N7/c1-13(2)18(14-6-4-3-5-7-14)26-11-17(23-12-26)16-10-15(8-9-22-16)19(20)24-25-21/h3-13,18H,1-2H3,(H3,20,21,24). The molecule has 3 aromatic rings. The van der Waals surface area contributed by atoms with E-state index in [4.69, 9.17) is 11.3 Å². The van der Waals surface area contributed by atoms with Gasteiger partial charge in [-0.15, -0.1) is 5.11 Å². The molecule has 3 rings (SSSR count). The number of aromatic nitrogens is 3. The lowest BCUT2D eigenvalue weighted by Crippen LogP contribution is -2.15. The van der Waals surface area contributed by atoms with Gasteiger partial charge in [-0.3, -0.25) is 10.4 Å². The van der Waals surface area contributed by atoms with Gasteiger partial charge in [0.1, 0.15) is 5.69 Å². The molecule has 0 aliphatic heterocycles. The van der Waals surface area contributed by atoms with Gasteiger partial charge in [-0.25, -0.2) is 4.98 Å². The average Bonchev–Trinajstić information content (AvgIpc) is 3.12. The van der Waals surface area contributed by atoms with Gasteiger partial charge < -0.3 is 10.4 Å². The van der Waals surface area contributed by atoms with Gasteiger partial charge in [0, 0.05) is 18.0 Å². The highest BCUT2D eigenvalue weighted by Gasteiger charge is 2.18. The number of hydrogen-bond donors (Lipinski definition) is 2. The number of imidazole rings is 1. The second-order valence-corrected chi connectivity index (χ2v) is 6.30. The predicted octanol–water partition coefficient (Wildman–Crippen LogP) is 3.84. The van der Waals surface area contributed by atoms with Crippen LogP contribution >= 0.6 is 0 Å². The molecular weight excluding hydrogens is 326 g/mol. The Morgan fingerprint density at radius 2 is 1.88 bits per heavy atom. The van der Waals surface area contributed by atoms with Crippen LogP contribution in [0, 0.1) is 11.3 Å². The van der Waals surface area contributed by atoms with Gasteiger partial charge in [-0.05, 0) is 23.6 Å². The van der Waals surface area contributed by atoms with Crippen LogP contribution in [0.3, 0.4) is 0 Å². The van der Waals surface area contributed by atoms with Crippen LogP contribution in [0.4, 0.5) is 0 Å². The summed E-state index contributed by atoms with van der Waals surface area (Å²) in [6.07, 6.45) is 5.44. The van der Waals surface area contributed by atoms with Crippen LogP contribution in [0.25, 0.3) is 11.4 Å². The first-order chi connectivity index (χ1) is 12.6. The van der Waals surface area contributed by atoms with E-state index in [1.165, 1.54) is 5.56 Å². The van der Waals surface area contributed by atoms with Crippen LogP contribution in [0.5, 0.6) is 0 Å². The number of benzene rings is 1. The Kier molecular flexibility index (Phi) is 5.17. The smallest absolute Gasteiger partial charge is 0.176 e. The van der Waals surface area contributed by atoms with Crippen LogP contribution in [-0.2, 0) is 0 Å². The monoisotopic (exact) mass is 347 g/mol. The molecule has 0 aliphatic rings.